The number of rotatable bonds is 7. The van der Waals surface area contributed by atoms with E-state index in [1.807, 2.05) is 38.1 Å². The molecule has 0 fully saturated rings. The van der Waals surface area contributed by atoms with Gasteiger partial charge in [-0.25, -0.2) is 0 Å². The summed E-state index contributed by atoms with van der Waals surface area (Å²) >= 11 is 0. The second-order valence-electron chi connectivity index (χ2n) is 8.03. The van der Waals surface area contributed by atoms with E-state index in [2.05, 4.69) is 15.5 Å². The van der Waals surface area contributed by atoms with Gasteiger partial charge in [-0.05, 0) is 62.9 Å². The molecule has 0 bridgehead atoms. The van der Waals surface area contributed by atoms with Gasteiger partial charge in [0.25, 0.3) is 5.89 Å². The molecule has 4 rings (SSSR count). The maximum atomic E-state index is 11.2. The number of nitrogens with two attached hydrogens (primary N) is 1. The molecule has 1 aliphatic rings. The number of nitrogens with zero attached hydrogens (tertiary/aromatic N) is 2. The van der Waals surface area contributed by atoms with Crippen LogP contribution in [0.15, 0.2) is 40.9 Å². The van der Waals surface area contributed by atoms with E-state index in [0.717, 1.165) is 35.1 Å². The zero-order valence-electron chi connectivity index (χ0n) is 17.8. The SMILES string of the molecule is CC(C)Oc1ccc(-c2nc(-c3cccc4c3CC[C@H]4N[C@@H](C)C(=O)O)no2)cc1N. The van der Waals surface area contributed by atoms with Crippen LogP contribution < -0.4 is 15.8 Å². The highest BCUT2D eigenvalue weighted by Gasteiger charge is 2.28. The molecule has 1 heterocycles. The van der Waals surface area contributed by atoms with Gasteiger partial charge in [0.15, 0.2) is 0 Å². The molecule has 2 atom stereocenters. The van der Waals surface area contributed by atoms with Gasteiger partial charge in [0, 0.05) is 17.2 Å². The first-order valence-electron chi connectivity index (χ1n) is 10.3. The molecule has 3 aromatic rings. The number of anilines is 1. The molecule has 162 valence electrons. The summed E-state index contributed by atoms with van der Waals surface area (Å²) in [6.07, 6.45) is 1.66. The molecule has 0 saturated carbocycles. The lowest BCUT2D eigenvalue weighted by Crippen LogP contribution is -2.35. The summed E-state index contributed by atoms with van der Waals surface area (Å²) in [5, 5.41) is 16.6. The fourth-order valence-electron chi connectivity index (χ4n) is 3.90. The maximum Gasteiger partial charge on any atom is 0.320 e. The second kappa shape index (κ2) is 8.39. The van der Waals surface area contributed by atoms with Crippen molar-refractivity contribution in [2.75, 3.05) is 5.73 Å². The van der Waals surface area contributed by atoms with E-state index < -0.39 is 12.0 Å². The molecule has 31 heavy (non-hydrogen) atoms. The topological polar surface area (TPSA) is 124 Å². The summed E-state index contributed by atoms with van der Waals surface area (Å²) in [6.45, 7) is 5.54. The molecule has 0 unspecified atom stereocenters. The van der Waals surface area contributed by atoms with E-state index in [9.17, 15) is 9.90 Å². The number of ether oxygens (including phenoxy) is 1. The summed E-state index contributed by atoms with van der Waals surface area (Å²) < 4.78 is 11.2. The molecular weight excluding hydrogens is 396 g/mol. The molecule has 0 amide bonds. The third-order valence-electron chi connectivity index (χ3n) is 5.38. The van der Waals surface area contributed by atoms with Crippen molar-refractivity contribution in [3.05, 3.63) is 47.5 Å². The van der Waals surface area contributed by atoms with Crippen molar-refractivity contribution in [1.82, 2.24) is 15.5 Å². The lowest BCUT2D eigenvalue weighted by Gasteiger charge is -2.17. The number of hydrogen-bond acceptors (Lipinski definition) is 7. The van der Waals surface area contributed by atoms with Crippen molar-refractivity contribution >= 4 is 11.7 Å². The number of aliphatic carboxylic acids is 1. The minimum Gasteiger partial charge on any atom is -0.489 e. The molecule has 0 radical (unpaired) electrons. The maximum absolute atomic E-state index is 11.2. The van der Waals surface area contributed by atoms with E-state index in [0.29, 0.717) is 23.2 Å². The Bertz CT molecular complexity index is 1110. The number of carbonyl (C=O) groups is 1. The number of hydrogen-bond donors (Lipinski definition) is 3. The molecule has 8 heteroatoms. The molecule has 0 spiro atoms. The summed E-state index contributed by atoms with van der Waals surface area (Å²) in [6, 6.07) is 10.7. The van der Waals surface area contributed by atoms with Gasteiger partial charge in [-0.15, -0.1) is 0 Å². The van der Waals surface area contributed by atoms with Crippen LogP contribution in [-0.2, 0) is 11.2 Å². The predicted octanol–water partition coefficient (Wildman–Crippen LogP) is 3.82. The minimum absolute atomic E-state index is 0.0132. The Kier molecular flexibility index (Phi) is 5.65. The van der Waals surface area contributed by atoms with E-state index in [1.54, 1.807) is 19.1 Å². The third-order valence-corrected chi connectivity index (χ3v) is 5.38. The molecule has 4 N–H and O–H groups in total. The van der Waals surface area contributed by atoms with Gasteiger partial charge >= 0.3 is 5.97 Å². The van der Waals surface area contributed by atoms with Crippen molar-refractivity contribution in [3.8, 4) is 28.6 Å². The number of nitrogen functional groups attached to an aromatic ring is 1. The van der Waals surface area contributed by atoms with Crippen LogP contribution in [0, 0.1) is 0 Å². The zero-order chi connectivity index (χ0) is 22.1. The smallest absolute Gasteiger partial charge is 0.320 e. The summed E-state index contributed by atoms with van der Waals surface area (Å²) in [4.78, 5) is 15.8. The van der Waals surface area contributed by atoms with Crippen LogP contribution in [0.4, 0.5) is 5.69 Å². The molecule has 0 saturated heterocycles. The number of fused-ring (bicyclic) bond motifs is 1. The van der Waals surface area contributed by atoms with E-state index >= 15 is 0 Å². The second-order valence-corrected chi connectivity index (χ2v) is 8.03. The van der Waals surface area contributed by atoms with Crippen molar-refractivity contribution in [1.29, 1.82) is 0 Å². The Hall–Kier alpha value is -3.39. The Morgan fingerprint density at radius 3 is 2.81 bits per heavy atom. The highest BCUT2D eigenvalue weighted by atomic mass is 16.5. The van der Waals surface area contributed by atoms with Crippen LogP contribution in [0.3, 0.4) is 0 Å². The van der Waals surface area contributed by atoms with Crippen LogP contribution in [0.1, 0.15) is 44.4 Å². The monoisotopic (exact) mass is 422 g/mol. The zero-order valence-corrected chi connectivity index (χ0v) is 17.8. The first-order chi connectivity index (χ1) is 14.8. The van der Waals surface area contributed by atoms with Gasteiger partial charge in [0.2, 0.25) is 5.82 Å². The molecule has 0 aliphatic heterocycles. The van der Waals surface area contributed by atoms with Gasteiger partial charge in [0.1, 0.15) is 11.8 Å². The van der Waals surface area contributed by atoms with Crippen LogP contribution in [0.2, 0.25) is 0 Å². The van der Waals surface area contributed by atoms with Gasteiger partial charge < -0.3 is 20.1 Å². The Morgan fingerprint density at radius 1 is 1.29 bits per heavy atom. The van der Waals surface area contributed by atoms with E-state index in [1.165, 1.54) is 0 Å². The highest BCUT2D eigenvalue weighted by molar-refractivity contribution is 5.73. The number of carboxylic acid groups (broad SMARTS) is 1. The molecule has 1 aliphatic carbocycles. The quantitative estimate of drug-likeness (QED) is 0.491. The highest BCUT2D eigenvalue weighted by Crippen LogP contribution is 2.38. The summed E-state index contributed by atoms with van der Waals surface area (Å²) in [7, 11) is 0. The Labute approximate surface area is 180 Å². The Balaban J connectivity index is 1.60. The fourth-order valence-corrected chi connectivity index (χ4v) is 3.90. The lowest BCUT2D eigenvalue weighted by molar-refractivity contribution is -0.139. The number of carboxylic acids is 1. The third kappa shape index (κ3) is 4.25. The van der Waals surface area contributed by atoms with Crippen LogP contribution in [-0.4, -0.2) is 33.4 Å². The number of nitrogens with one attached hydrogen (secondary N) is 1. The van der Waals surface area contributed by atoms with E-state index in [-0.39, 0.29) is 12.1 Å². The normalized spacial score (nSPS) is 16.3. The minimum atomic E-state index is -0.864. The van der Waals surface area contributed by atoms with Gasteiger partial charge in [-0.3, -0.25) is 10.1 Å². The van der Waals surface area contributed by atoms with Crippen LogP contribution in [0.5, 0.6) is 5.75 Å². The lowest BCUT2D eigenvalue weighted by atomic mass is 10.0. The van der Waals surface area contributed by atoms with Crippen molar-refractivity contribution in [3.63, 3.8) is 0 Å². The van der Waals surface area contributed by atoms with Crippen molar-refractivity contribution < 1.29 is 19.2 Å². The molecule has 1 aromatic heterocycles. The Morgan fingerprint density at radius 2 is 2.10 bits per heavy atom. The summed E-state index contributed by atoms with van der Waals surface area (Å²) in [5.41, 5.74) is 10.4. The first-order valence-corrected chi connectivity index (χ1v) is 10.3. The number of benzene rings is 2. The van der Waals surface area contributed by atoms with Gasteiger partial charge in [-0.2, -0.15) is 4.98 Å². The fraction of sp³-hybridized carbons (Fsp3) is 0.348. The van der Waals surface area contributed by atoms with Crippen molar-refractivity contribution in [2.45, 2.75) is 51.8 Å². The van der Waals surface area contributed by atoms with E-state index in [4.69, 9.17) is 15.0 Å². The molecule has 8 nitrogen and oxygen atoms in total. The van der Waals surface area contributed by atoms with Crippen LogP contribution >= 0.6 is 0 Å². The summed E-state index contributed by atoms with van der Waals surface area (Å²) in [5.74, 6) is 0.632. The first kappa shape index (κ1) is 20.9. The van der Waals surface area contributed by atoms with Gasteiger partial charge in [0.05, 0.1) is 11.8 Å². The van der Waals surface area contributed by atoms with Crippen LogP contribution in [0.25, 0.3) is 22.8 Å². The predicted molar refractivity (Wildman–Crippen MR) is 117 cm³/mol. The number of aromatic nitrogens is 2. The van der Waals surface area contributed by atoms with Gasteiger partial charge in [-0.1, -0.05) is 23.4 Å². The largest absolute Gasteiger partial charge is 0.489 e. The molecular formula is C23H26N4O4. The average molecular weight is 422 g/mol. The standard InChI is InChI=1S/C23H26N4O4/c1-12(2)30-20-10-7-14(11-18(20)24)22-26-21(27-31-22)17-6-4-5-16-15(17)8-9-19(16)25-13(3)23(28)29/h4-7,10-13,19,25H,8-9,24H2,1-3H3,(H,28,29)/t13-,19+/m0/s1. The average Bonchev–Trinajstić information content (AvgIpc) is 3.37. The van der Waals surface area contributed by atoms with Crippen molar-refractivity contribution in [2.24, 2.45) is 0 Å². The molecule has 2 aromatic carbocycles.